The van der Waals surface area contributed by atoms with E-state index < -0.39 is 12.1 Å². The number of carbonyl (C=O) groups excluding carboxylic acids is 1. The first-order chi connectivity index (χ1) is 32.7. The number of aliphatic hydroxyl groups is 2. The van der Waals surface area contributed by atoms with E-state index in [1.807, 2.05) is 6.08 Å². The van der Waals surface area contributed by atoms with Crippen LogP contribution in [0.25, 0.3) is 0 Å². The summed E-state index contributed by atoms with van der Waals surface area (Å²) in [6, 6.07) is -0.645. The molecule has 1 amide bonds. The van der Waals surface area contributed by atoms with Gasteiger partial charge in [0.1, 0.15) is 0 Å². The summed E-state index contributed by atoms with van der Waals surface area (Å²) in [5.41, 5.74) is 0. The van der Waals surface area contributed by atoms with E-state index in [-0.39, 0.29) is 12.5 Å². The van der Waals surface area contributed by atoms with Gasteiger partial charge in [-0.25, -0.2) is 0 Å². The third-order valence-corrected chi connectivity index (χ3v) is 13.8. The van der Waals surface area contributed by atoms with Crippen LogP contribution >= 0.6 is 0 Å². The smallest absolute Gasteiger partial charge is 0.220 e. The summed E-state index contributed by atoms with van der Waals surface area (Å²) in [6.45, 7) is 4.32. The maximum absolute atomic E-state index is 12.5. The molecule has 0 aromatic carbocycles. The van der Waals surface area contributed by atoms with E-state index in [1.54, 1.807) is 6.08 Å². The normalized spacial score (nSPS) is 13.1. The Labute approximate surface area is 414 Å². The summed E-state index contributed by atoms with van der Waals surface area (Å²) in [5.74, 6) is -0.0728. The van der Waals surface area contributed by atoms with Crippen LogP contribution in [-0.4, -0.2) is 34.9 Å². The Hall–Kier alpha value is -1.65. The fourth-order valence-corrected chi connectivity index (χ4v) is 9.21. The first-order valence-electron chi connectivity index (χ1n) is 29.9. The highest BCUT2D eigenvalue weighted by molar-refractivity contribution is 5.76. The zero-order chi connectivity index (χ0) is 47.7. The van der Waals surface area contributed by atoms with E-state index in [9.17, 15) is 15.0 Å². The minimum atomic E-state index is -0.870. The minimum Gasteiger partial charge on any atom is -0.394 e. The molecule has 0 bridgehead atoms. The number of aliphatic hydroxyl groups excluding tert-OH is 2. The Morgan fingerprint density at radius 1 is 0.348 bits per heavy atom. The van der Waals surface area contributed by atoms with Crippen LogP contribution < -0.4 is 5.32 Å². The Balaban J connectivity index is 3.48. The summed E-state index contributed by atoms with van der Waals surface area (Å²) >= 11 is 0. The van der Waals surface area contributed by atoms with E-state index in [1.165, 1.54) is 263 Å². The number of hydrogen-bond acceptors (Lipinski definition) is 3. The van der Waals surface area contributed by atoms with Crippen molar-refractivity contribution in [2.75, 3.05) is 6.61 Å². The molecular formula is C62H117NO3. The monoisotopic (exact) mass is 924 g/mol. The van der Waals surface area contributed by atoms with Gasteiger partial charge < -0.3 is 15.5 Å². The topological polar surface area (TPSA) is 69.6 Å². The van der Waals surface area contributed by atoms with Crippen molar-refractivity contribution in [2.45, 2.75) is 334 Å². The predicted molar refractivity (Wildman–Crippen MR) is 295 cm³/mol. The molecule has 0 aromatic rings. The van der Waals surface area contributed by atoms with Gasteiger partial charge in [0.15, 0.2) is 0 Å². The fourth-order valence-electron chi connectivity index (χ4n) is 9.21. The van der Waals surface area contributed by atoms with Crippen molar-refractivity contribution in [1.29, 1.82) is 0 Å². The van der Waals surface area contributed by atoms with Crippen LogP contribution in [-0.2, 0) is 4.79 Å². The largest absolute Gasteiger partial charge is 0.394 e. The third-order valence-electron chi connectivity index (χ3n) is 13.8. The number of allylic oxidation sites excluding steroid dienone is 7. The van der Waals surface area contributed by atoms with Gasteiger partial charge in [-0.2, -0.15) is 0 Å². The molecule has 388 valence electrons. The summed E-state index contributed by atoms with van der Waals surface area (Å²) in [7, 11) is 0. The van der Waals surface area contributed by atoms with Crippen molar-refractivity contribution in [1.82, 2.24) is 5.32 Å². The maximum atomic E-state index is 12.5. The number of rotatable bonds is 55. The highest BCUT2D eigenvalue weighted by Crippen LogP contribution is 2.17. The lowest BCUT2D eigenvalue weighted by Crippen LogP contribution is -2.45. The molecule has 3 N–H and O–H groups in total. The molecule has 0 aliphatic rings. The van der Waals surface area contributed by atoms with E-state index in [4.69, 9.17) is 0 Å². The number of carbonyl (C=O) groups is 1. The molecular weight excluding hydrogens is 807 g/mol. The molecule has 0 rings (SSSR count). The van der Waals surface area contributed by atoms with Gasteiger partial charge in [0, 0.05) is 6.42 Å². The molecule has 0 aliphatic carbocycles. The van der Waals surface area contributed by atoms with Gasteiger partial charge in [0.05, 0.1) is 18.8 Å². The zero-order valence-corrected chi connectivity index (χ0v) is 44.7. The molecule has 0 aliphatic heterocycles. The van der Waals surface area contributed by atoms with Crippen LogP contribution in [0.3, 0.4) is 0 Å². The lowest BCUT2D eigenvalue weighted by atomic mass is 10.0. The standard InChI is InChI=1S/C62H117NO3/c1-3-5-7-9-11-13-15-17-19-21-23-25-26-27-28-29-30-31-32-33-34-35-36-38-40-42-44-46-48-50-52-54-56-58-62(66)63-60(59-64)61(65)57-55-53-51-49-47-45-43-41-39-37-24-22-20-18-16-14-12-10-8-6-4-2/h21,23,39,41,47,49,55,57,60-61,64-65H,3-20,22,24-38,40,42-46,48,50-54,56,58-59H2,1-2H3,(H,63,66)/b23-21-,41-39+,49-47+,57-55+. The summed E-state index contributed by atoms with van der Waals surface area (Å²) in [6.07, 6.45) is 80.1. The summed E-state index contributed by atoms with van der Waals surface area (Å²) in [5, 5.41) is 23.1. The Morgan fingerprint density at radius 3 is 0.879 bits per heavy atom. The lowest BCUT2D eigenvalue weighted by Gasteiger charge is -2.19. The highest BCUT2D eigenvalue weighted by Gasteiger charge is 2.18. The number of amides is 1. The van der Waals surface area contributed by atoms with E-state index in [2.05, 4.69) is 55.6 Å². The van der Waals surface area contributed by atoms with Crippen LogP contribution in [0.15, 0.2) is 48.6 Å². The van der Waals surface area contributed by atoms with Crippen molar-refractivity contribution in [3.8, 4) is 0 Å². The van der Waals surface area contributed by atoms with Gasteiger partial charge >= 0.3 is 0 Å². The molecule has 0 radical (unpaired) electrons. The lowest BCUT2D eigenvalue weighted by molar-refractivity contribution is -0.123. The van der Waals surface area contributed by atoms with Crippen molar-refractivity contribution in [3.63, 3.8) is 0 Å². The van der Waals surface area contributed by atoms with Crippen LogP contribution in [0.5, 0.6) is 0 Å². The average Bonchev–Trinajstić information content (AvgIpc) is 3.32. The van der Waals surface area contributed by atoms with Crippen molar-refractivity contribution < 1.29 is 15.0 Å². The quantitative estimate of drug-likeness (QED) is 0.0420. The molecule has 0 saturated carbocycles. The van der Waals surface area contributed by atoms with Crippen molar-refractivity contribution in [2.24, 2.45) is 0 Å². The molecule has 4 nitrogen and oxygen atoms in total. The molecule has 2 unspecified atom stereocenters. The second kappa shape index (κ2) is 57.7. The van der Waals surface area contributed by atoms with Crippen LogP contribution in [0, 0.1) is 0 Å². The van der Waals surface area contributed by atoms with Gasteiger partial charge in [0.25, 0.3) is 0 Å². The molecule has 0 aromatic heterocycles. The van der Waals surface area contributed by atoms with Crippen molar-refractivity contribution in [3.05, 3.63) is 48.6 Å². The first kappa shape index (κ1) is 64.3. The third kappa shape index (κ3) is 53.3. The molecule has 0 fully saturated rings. The Morgan fingerprint density at radius 2 is 0.591 bits per heavy atom. The van der Waals surface area contributed by atoms with Crippen LogP contribution in [0.1, 0.15) is 322 Å². The molecule has 2 atom stereocenters. The summed E-state index contributed by atoms with van der Waals surface area (Å²) in [4.78, 5) is 12.5. The highest BCUT2D eigenvalue weighted by atomic mass is 16.3. The fraction of sp³-hybridized carbons (Fsp3) is 0.855. The van der Waals surface area contributed by atoms with Gasteiger partial charge in [-0.3, -0.25) is 4.79 Å². The van der Waals surface area contributed by atoms with Crippen LogP contribution in [0.2, 0.25) is 0 Å². The van der Waals surface area contributed by atoms with Gasteiger partial charge in [0.2, 0.25) is 5.91 Å². The minimum absolute atomic E-state index is 0.0728. The Bertz CT molecular complexity index is 1050. The van der Waals surface area contributed by atoms with Gasteiger partial charge in [-0.15, -0.1) is 0 Å². The summed E-state index contributed by atoms with van der Waals surface area (Å²) < 4.78 is 0. The second-order valence-electron chi connectivity index (χ2n) is 20.4. The van der Waals surface area contributed by atoms with E-state index >= 15 is 0 Å². The van der Waals surface area contributed by atoms with E-state index in [0.29, 0.717) is 6.42 Å². The SMILES string of the molecule is CCCCCCCCCC/C=C\CCCCCCCCCCCCCCCCCCCCCCCC(=O)NC(CO)C(O)/C=C/CC/C=C/CC/C=C/CCCCCCCCCCCCC. The zero-order valence-electron chi connectivity index (χ0n) is 44.7. The molecule has 66 heavy (non-hydrogen) atoms. The molecule has 4 heteroatoms. The molecule has 0 spiro atoms. The van der Waals surface area contributed by atoms with Crippen LogP contribution in [0.4, 0.5) is 0 Å². The Kier molecular flexibility index (Phi) is 56.2. The number of hydrogen-bond donors (Lipinski definition) is 3. The number of unbranched alkanes of at least 4 members (excludes halogenated alkanes) is 42. The molecule has 0 heterocycles. The maximum Gasteiger partial charge on any atom is 0.220 e. The molecule has 0 saturated heterocycles. The predicted octanol–water partition coefficient (Wildman–Crippen LogP) is 19.8. The van der Waals surface area contributed by atoms with Crippen molar-refractivity contribution >= 4 is 5.91 Å². The average molecular weight is 925 g/mol. The van der Waals surface area contributed by atoms with E-state index in [0.717, 1.165) is 38.5 Å². The second-order valence-corrected chi connectivity index (χ2v) is 20.4. The first-order valence-corrected chi connectivity index (χ1v) is 29.9. The van der Waals surface area contributed by atoms with Gasteiger partial charge in [-0.05, 0) is 70.6 Å². The number of nitrogens with one attached hydrogen (secondary N) is 1. The van der Waals surface area contributed by atoms with Gasteiger partial charge in [-0.1, -0.05) is 294 Å².